The number of pyridine rings is 1. The number of rotatable bonds is 4. The van der Waals surface area contributed by atoms with E-state index in [0.29, 0.717) is 12.5 Å². The molecule has 1 aliphatic carbocycles. The van der Waals surface area contributed by atoms with Crippen LogP contribution in [0.2, 0.25) is 0 Å². The van der Waals surface area contributed by atoms with Crippen molar-refractivity contribution >= 4 is 0 Å². The number of ether oxygens (including phenoxy) is 1. The Labute approximate surface area is 130 Å². The van der Waals surface area contributed by atoms with E-state index in [0.717, 1.165) is 19.1 Å². The highest BCUT2D eigenvalue weighted by molar-refractivity contribution is 5.10. The molecule has 0 unspecified atom stereocenters. The average molecular weight is 298 g/mol. The van der Waals surface area contributed by atoms with Crippen molar-refractivity contribution in [3.8, 4) is 5.88 Å². The first-order valence-electron chi connectivity index (χ1n) is 8.20. The van der Waals surface area contributed by atoms with Gasteiger partial charge in [-0.3, -0.25) is 9.58 Å². The lowest BCUT2D eigenvalue weighted by Gasteiger charge is -2.37. The second kappa shape index (κ2) is 6.08. The van der Waals surface area contributed by atoms with Crippen LogP contribution >= 0.6 is 0 Å². The molecule has 1 fully saturated rings. The fraction of sp³-hybridized carbons (Fsp3) is 0.529. The lowest BCUT2D eigenvalue weighted by molar-refractivity contribution is 0.0963. The summed E-state index contributed by atoms with van der Waals surface area (Å²) in [4.78, 5) is 6.86. The Morgan fingerprint density at radius 2 is 2.05 bits per heavy atom. The Balaban J connectivity index is 1.48. The maximum absolute atomic E-state index is 5.88. The van der Waals surface area contributed by atoms with E-state index in [2.05, 4.69) is 25.7 Å². The zero-order valence-electron chi connectivity index (χ0n) is 12.8. The molecule has 3 heterocycles. The third-order valence-electron chi connectivity index (χ3n) is 4.81. The van der Waals surface area contributed by atoms with Gasteiger partial charge in [0.15, 0.2) is 0 Å². The van der Waals surface area contributed by atoms with Gasteiger partial charge in [0.1, 0.15) is 6.61 Å². The van der Waals surface area contributed by atoms with E-state index < -0.39 is 0 Å². The first-order chi connectivity index (χ1) is 10.9. The minimum absolute atomic E-state index is 0.265. The molecular weight excluding hydrogens is 276 g/mol. The first kappa shape index (κ1) is 13.8. The highest BCUT2D eigenvalue weighted by Gasteiger charge is 2.31. The predicted molar refractivity (Wildman–Crippen MR) is 83.7 cm³/mol. The van der Waals surface area contributed by atoms with Gasteiger partial charge in [-0.25, -0.2) is 4.98 Å². The van der Waals surface area contributed by atoms with E-state index in [1.165, 1.54) is 31.4 Å². The van der Waals surface area contributed by atoms with Crippen LogP contribution in [-0.2, 0) is 6.54 Å². The summed E-state index contributed by atoms with van der Waals surface area (Å²) in [6, 6.07) is 8.90. The summed E-state index contributed by atoms with van der Waals surface area (Å²) in [6.07, 6.45) is 9.08. The van der Waals surface area contributed by atoms with Gasteiger partial charge >= 0.3 is 0 Å². The van der Waals surface area contributed by atoms with Gasteiger partial charge in [0.2, 0.25) is 5.88 Å². The molecule has 0 bridgehead atoms. The zero-order chi connectivity index (χ0) is 14.8. The zero-order valence-corrected chi connectivity index (χ0v) is 12.8. The molecule has 1 saturated carbocycles. The molecule has 0 amide bonds. The summed E-state index contributed by atoms with van der Waals surface area (Å²) in [5.74, 6) is 0.689. The predicted octanol–water partition coefficient (Wildman–Crippen LogP) is 2.66. The lowest BCUT2D eigenvalue weighted by Crippen LogP contribution is -2.44. The van der Waals surface area contributed by atoms with Crippen LogP contribution in [0.5, 0.6) is 5.88 Å². The highest BCUT2D eigenvalue weighted by atomic mass is 16.5. The fourth-order valence-corrected chi connectivity index (χ4v) is 3.70. The van der Waals surface area contributed by atoms with E-state index in [9.17, 15) is 0 Å². The molecule has 1 atom stereocenters. The van der Waals surface area contributed by atoms with E-state index in [-0.39, 0.29) is 6.04 Å². The van der Waals surface area contributed by atoms with Crippen molar-refractivity contribution in [2.45, 2.75) is 44.3 Å². The molecule has 0 radical (unpaired) electrons. The second-order valence-corrected chi connectivity index (χ2v) is 6.27. The Morgan fingerprint density at radius 1 is 1.14 bits per heavy atom. The molecule has 2 aliphatic rings. The third-order valence-corrected chi connectivity index (χ3v) is 4.81. The largest absolute Gasteiger partial charge is 0.475 e. The van der Waals surface area contributed by atoms with Gasteiger partial charge in [-0.2, -0.15) is 5.10 Å². The van der Waals surface area contributed by atoms with Crippen molar-refractivity contribution < 1.29 is 4.74 Å². The average Bonchev–Trinajstić information content (AvgIpc) is 3.24. The topological polar surface area (TPSA) is 43.2 Å². The molecular formula is C17H22N4O. The monoisotopic (exact) mass is 298 g/mol. The van der Waals surface area contributed by atoms with Crippen LogP contribution in [0.15, 0.2) is 36.7 Å². The molecule has 0 saturated heterocycles. The van der Waals surface area contributed by atoms with Gasteiger partial charge in [0, 0.05) is 37.6 Å². The molecule has 5 heteroatoms. The number of nitrogens with zero attached hydrogens (tertiary/aromatic N) is 4. The highest BCUT2D eigenvalue weighted by Crippen LogP contribution is 2.29. The van der Waals surface area contributed by atoms with Crippen molar-refractivity contribution in [3.63, 3.8) is 0 Å². The molecule has 1 aliphatic heterocycles. The number of aromatic nitrogens is 3. The summed E-state index contributed by atoms with van der Waals surface area (Å²) < 4.78 is 8.02. The minimum Gasteiger partial charge on any atom is -0.475 e. The smallest absolute Gasteiger partial charge is 0.213 e. The molecule has 0 spiro atoms. The molecule has 2 aromatic rings. The summed E-state index contributed by atoms with van der Waals surface area (Å²) in [6.45, 7) is 2.66. The van der Waals surface area contributed by atoms with E-state index in [4.69, 9.17) is 4.74 Å². The summed E-state index contributed by atoms with van der Waals surface area (Å²) in [5.41, 5.74) is 1.30. The SMILES string of the molecule is c1ccc(OC[C@H]2CN(C3CCCC3)Cc3ccnn32)nc1. The standard InChI is InChI=1S/C17H22N4O/c1-2-6-14(5-1)20-11-15-8-10-19-21(15)16(12-20)13-22-17-7-3-4-9-18-17/h3-4,7-10,14,16H,1-2,5-6,11-13H2/t16-/m1/s1. The number of hydrogen-bond acceptors (Lipinski definition) is 4. The lowest BCUT2D eigenvalue weighted by atomic mass is 10.1. The Bertz CT molecular complexity index is 606. The molecule has 116 valence electrons. The van der Waals surface area contributed by atoms with Gasteiger partial charge in [-0.05, 0) is 25.0 Å². The van der Waals surface area contributed by atoms with Crippen molar-refractivity contribution in [2.75, 3.05) is 13.2 Å². The Kier molecular flexibility index (Phi) is 3.81. The molecule has 2 aromatic heterocycles. The fourth-order valence-electron chi connectivity index (χ4n) is 3.70. The normalized spacial score (nSPS) is 22.6. The summed E-state index contributed by atoms with van der Waals surface area (Å²) in [5, 5.41) is 4.50. The molecule has 5 nitrogen and oxygen atoms in total. The number of hydrogen-bond donors (Lipinski definition) is 0. The molecule has 4 rings (SSSR count). The van der Waals surface area contributed by atoms with Crippen molar-refractivity contribution in [3.05, 3.63) is 42.4 Å². The van der Waals surface area contributed by atoms with Crippen molar-refractivity contribution in [2.24, 2.45) is 0 Å². The van der Waals surface area contributed by atoms with E-state index in [1.807, 2.05) is 24.4 Å². The van der Waals surface area contributed by atoms with Gasteiger partial charge in [-0.1, -0.05) is 18.9 Å². The quantitative estimate of drug-likeness (QED) is 0.870. The van der Waals surface area contributed by atoms with Gasteiger partial charge in [-0.15, -0.1) is 0 Å². The minimum atomic E-state index is 0.265. The van der Waals surface area contributed by atoms with Crippen LogP contribution in [0, 0.1) is 0 Å². The molecule has 22 heavy (non-hydrogen) atoms. The summed E-state index contributed by atoms with van der Waals surface area (Å²) in [7, 11) is 0. The van der Waals surface area contributed by atoms with Gasteiger partial charge in [0.05, 0.1) is 11.7 Å². The van der Waals surface area contributed by atoms with E-state index >= 15 is 0 Å². The Hall–Kier alpha value is -1.88. The van der Waals surface area contributed by atoms with Crippen LogP contribution < -0.4 is 4.74 Å². The Morgan fingerprint density at radius 3 is 2.86 bits per heavy atom. The van der Waals surface area contributed by atoms with Crippen molar-refractivity contribution in [1.29, 1.82) is 0 Å². The number of fused-ring (bicyclic) bond motifs is 1. The van der Waals surface area contributed by atoms with Crippen LogP contribution in [0.1, 0.15) is 37.4 Å². The van der Waals surface area contributed by atoms with Crippen LogP contribution in [-0.4, -0.2) is 38.9 Å². The molecule has 0 aromatic carbocycles. The van der Waals surface area contributed by atoms with Gasteiger partial charge in [0.25, 0.3) is 0 Å². The third kappa shape index (κ3) is 2.73. The maximum Gasteiger partial charge on any atom is 0.213 e. The van der Waals surface area contributed by atoms with Gasteiger partial charge < -0.3 is 4.74 Å². The first-order valence-corrected chi connectivity index (χ1v) is 8.20. The second-order valence-electron chi connectivity index (χ2n) is 6.27. The van der Waals surface area contributed by atoms with E-state index in [1.54, 1.807) is 6.20 Å². The van der Waals surface area contributed by atoms with Crippen LogP contribution in [0.3, 0.4) is 0 Å². The summed E-state index contributed by atoms with van der Waals surface area (Å²) >= 11 is 0. The van der Waals surface area contributed by atoms with Crippen LogP contribution in [0.4, 0.5) is 0 Å². The van der Waals surface area contributed by atoms with Crippen LogP contribution in [0.25, 0.3) is 0 Å². The van der Waals surface area contributed by atoms with Crippen molar-refractivity contribution in [1.82, 2.24) is 19.7 Å². The molecule has 0 N–H and O–H groups in total. The maximum atomic E-state index is 5.88.